The quantitative estimate of drug-likeness (QED) is 0.332. The second-order valence-corrected chi connectivity index (χ2v) is 11.7. The molecule has 34 heavy (non-hydrogen) atoms. The van der Waals surface area contributed by atoms with Crippen molar-refractivity contribution in [1.82, 2.24) is 0 Å². The average Bonchev–Trinajstić information content (AvgIpc) is 3.14. The molecule has 2 aliphatic heterocycles. The Morgan fingerprint density at radius 1 is 0.588 bits per heavy atom. The first-order valence-corrected chi connectivity index (χ1v) is 13.3. The van der Waals surface area contributed by atoms with E-state index in [0.29, 0.717) is 0 Å². The molecule has 2 aromatic carbocycles. The summed E-state index contributed by atoms with van der Waals surface area (Å²) < 4.78 is 24.9. The molecule has 4 rings (SSSR count). The molecule has 2 aromatic rings. The van der Waals surface area contributed by atoms with Crippen molar-refractivity contribution in [1.29, 1.82) is 0 Å². The van der Waals surface area contributed by atoms with Crippen molar-refractivity contribution in [3.8, 4) is 0 Å². The predicted octanol–water partition coefficient (Wildman–Crippen LogP) is 4.40. The second kappa shape index (κ2) is 10.2. The van der Waals surface area contributed by atoms with Gasteiger partial charge in [-0.15, -0.1) is 0 Å². The molecule has 2 aliphatic rings. The number of hydrogen-bond donors (Lipinski definition) is 1. The van der Waals surface area contributed by atoms with E-state index in [1.54, 1.807) is 0 Å². The fraction of sp³-hybridized carbons (Fsp3) is 0.538. The molecule has 0 atom stereocenters. The monoisotopic (exact) mass is 578 g/mol. The summed E-state index contributed by atoms with van der Waals surface area (Å²) in [5.74, 6) is 0. The summed E-state index contributed by atoms with van der Waals surface area (Å²) in [6, 6.07) is 16.1. The number of rotatable bonds is 4. The molecule has 0 aromatic heterocycles. The zero-order valence-corrected chi connectivity index (χ0v) is 23.8. The summed E-state index contributed by atoms with van der Waals surface area (Å²) in [4.78, 5) is 0. The summed E-state index contributed by atoms with van der Waals surface area (Å²) in [5, 5.41) is 9.00. The molecule has 0 saturated carbocycles. The van der Waals surface area contributed by atoms with Gasteiger partial charge in [-0.3, -0.25) is 0 Å². The van der Waals surface area contributed by atoms with Crippen LogP contribution in [0.1, 0.15) is 66.5 Å². The van der Waals surface area contributed by atoms with Gasteiger partial charge in [-0.1, -0.05) is 71.1 Å². The largest absolute Gasteiger partial charge is 0.494 e. The molecule has 0 radical (unpaired) electrons. The standard InChI is InChI=1S/C13H18BIO2.C13H19BO3/c2*1-12(2)13(3,4)17-14(16-12)11-7-5-10(9-15)6-8-11/h5-8H,9H2,1-4H3;5-8,15H,9H2,1-4H3. The van der Waals surface area contributed by atoms with Crippen molar-refractivity contribution in [2.45, 2.75) is 88.8 Å². The molecule has 184 valence electrons. The molecule has 1 N–H and O–H groups in total. The first kappa shape index (κ1) is 27.7. The summed E-state index contributed by atoms with van der Waals surface area (Å²) in [5.41, 5.74) is 3.15. The highest BCUT2D eigenvalue weighted by molar-refractivity contribution is 14.1. The van der Waals surface area contributed by atoms with Gasteiger partial charge in [0.05, 0.1) is 29.0 Å². The third kappa shape index (κ3) is 5.90. The lowest BCUT2D eigenvalue weighted by molar-refractivity contribution is 0.00578. The average molecular weight is 578 g/mol. The Bertz CT molecular complexity index is 847. The van der Waals surface area contributed by atoms with E-state index in [1.807, 2.05) is 52.0 Å². The molecule has 0 aliphatic carbocycles. The second-order valence-electron chi connectivity index (χ2n) is 11.0. The number of aliphatic hydroxyl groups excluding tert-OH is 1. The molecular weight excluding hydrogens is 541 g/mol. The summed E-state index contributed by atoms with van der Waals surface area (Å²) in [6.07, 6.45) is 0. The molecule has 0 unspecified atom stereocenters. The molecule has 0 spiro atoms. The van der Waals surface area contributed by atoms with Gasteiger partial charge in [0.2, 0.25) is 0 Å². The smallest absolute Gasteiger partial charge is 0.399 e. The van der Waals surface area contributed by atoms with Crippen LogP contribution in [0.3, 0.4) is 0 Å². The Morgan fingerprint density at radius 3 is 1.15 bits per heavy atom. The molecule has 0 bridgehead atoms. The summed E-state index contributed by atoms with van der Waals surface area (Å²) >= 11 is 2.36. The van der Waals surface area contributed by atoms with Crippen LogP contribution in [0.15, 0.2) is 48.5 Å². The third-order valence-corrected chi connectivity index (χ3v) is 8.23. The van der Waals surface area contributed by atoms with Crippen molar-refractivity contribution in [3.63, 3.8) is 0 Å². The van der Waals surface area contributed by atoms with Crippen LogP contribution in [0.25, 0.3) is 0 Å². The Labute approximate surface area is 219 Å². The van der Waals surface area contributed by atoms with Gasteiger partial charge >= 0.3 is 14.2 Å². The Kier molecular flexibility index (Phi) is 8.33. The van der Waals surface area contributed by atoms with Gasteiger partial charge in [0, 0.05) is 4.43 Å². The van der Waals surface area contributed by atoms with E-state index in [2.05, 4.69) is 74.6 Å². The van der Waals surface area contributed by atoms with Gasteiger partial charge in [-0.05, 0) is 77.4 Å². The number of benzene rings is 2. The minimum atomic E-state index is -0.326. The van der Waals surface area contributed by atoms with Gasteiger partial charge < -0.3 is 23.7 Å². The van der Waals surface area contributed by atoms with Crippen LogP contribution in [-0.4, -0.2) is 41.7 Å². The fourth-order valence-corrected chi connectivity index (χ4v) is 4.01. The Balaban J connectivity index is 0.000000191. The molecule has 8 heteroatoms. The fourth-order valence-electron chi connectivity index (χ4n) is 3.50. The van der Waals surface area contributed by atoms with Crippen molar-refractivity contribution in [2.75, 3.05) is 0 Å². The first-order valence-electron chi connectivity index (χ1n) is 11.8. The van der Waals surface area contributed by atoms with Crippen LogP contribution in [0, 0.1) is 0 Å². The predicted molar refractivity (Wildman–Crippen MR) is 148 cm³/mol. The summed E-state index contributed by atoms with van der Waals surface area (Å²) in [6.45, 7) is 16.5. The highest BCUT2D eigenvalue weighted by Crippen LogP contribution is 2.37. The van der Waals surface area contributed by atoms with Crippen molar-refractivity contribution in [2.24, 2.45) is 0 Å². The molecule has 2 heterocycles. The Morgan fingerprint density at radius 2 is 0.882 bits per heavy atom. The lowest BCUT2D eigenvalue weighted by Gasteiger charge is -2.32. The maximum atomic E-state index is 9.00. The van der Waals surface area contributed by atoms with E-state index in [0.717, 1.165) is 20.9 Å². The number of alkyl halides is 1. The number of halogens is 1. The topological polar surface area (TPSA) is 57.2 Å². The number of hydrogen-bond acceptors (Lipinski definition) is 5. The van der Waals surface area contributed by atoms with Crippen molar-refractivity contribution in [3.05, 3.63) is 59.7 Å². The molecular formula is C26H37B2IO5. The van der Waals surface area contributed by atoms with E-state index in [9.17, 15) is 0 Å². The SMILES string of the molecule is CC1(C)OB(c2ccc(CI)cc2)OC1(C)C.CC1(C)OB(c2ccc(CO)cc2)OC1(C)C. The lowest BCUT2D eigenvalue weighted by Crippen LogP contribution is -2.41. The van der Waals surface area contributed by atoms with E-state index >= 15 is 0 Å². The molecule has 2 fully saturated rings. The summed E-state index contributed by atoms with van der Waals surface area (Å²) in [7, 11) is -0.573. The van der Waals surface area contributed by atoms with E-state index in [1.165, 1.54) is 5.56 Å². The maximum Gasteiger partial charge on any atom is 0.494 e. The van der Waals surface area contributed by atoms with E-state index in [-0.39, 0.29) is 43.2 Å². The van der Waals surface area contributed by atoms with Crippen LogP contribution in [0.5, 0.6) is 0 Å². The van der Waals surface area contributed by atoms with Gasteiger partial charge in [-0.25, -0.2) is 0 Å². The first-order chi connectivity index (χ1) is 15.7. The minimum Gasteiger partial charge on any atom is -0.399 e. The minimum absolute atomic E-state index is 0.0592. The highest BCUT2D eigenvalue weighted by atomic mass is 127. The van der Waals surface area contributed by atoms with Gasteiger partial charge in [-0.2, -0.15) is 0 Å². The molecule has 0 amide bonds. The van der Waals surface area contributed by atoms with E-state index < -0.39 is 0 Å². The zero-order valence-electron chi connectivity index (χ0n) is 21.6. The lowest BCUT2D eigenvalue weighted by atomic mass is 9.79. The molecule has 5 nitrogen and oxygen atoms in total. The molecule has 2 saturated heterocycles. The highest BCUT2D eigenvalue weighted by Gasteiger charge is 2.52. The van der Waals surface area contributed by atoms with Gasteiger partial charge in [0.1, 0.15) is 0 Å². The number of aliphatic hydroxyl groups is 1. The van der Waals surface area contributed by atoms with Crippen molar-refractivity contribution < 1.29 is 23.7 Å². The Hall–Kier alpha value is -0.900. The van der Waals surface area contributed by atoms with Gasteiger partial charge in [0.25, 0.3) is 0 Å². The van der Waals surface area contributed by atoms with Crippen LogP contribution >= 0.6 is 22.6 Å². The van der Waals surface area contributed by atoms with E-state index in [4.69, 9.17) is 23.7 Å². The van der Waals surface area contributed by atoms with Crippen LogP contribution in [0.4, 0.5) is 0 Å². The van der Waals surface area contributed by atoms with Crippen molar-refractivity contribution >= 4 is 47.8 Å². The van der Waals surface area contributed by atoms with Crippen LogP contribution < -0.4 is 10.9 Å². The normalized spacial score (nSPS) is 21.8. The van der Waals surface area contributed by atoms with Gasteiger partial charge in [0.15, 0.2) is 0 Å². The third-order valence-electron chi connectivity index (χ3n) is 7.35. The van der Waals surface area contributed by atoms with Crippen LogP contribution in [-0.2, 0) is 29.7 Å². The zero-order chi connectivity index (χ0) is 25.4. The van der Waals surface area contributed by atoms with Crippen LogP contribution in [0.2, 0.25) is 0 Å². The maximum absolute atomic E-state index is 9.00.